The van der Waals surface area contributed by atoms with Gasteiger partial charge < -0.3 is 4.90 Å². The highest BCUT2D eigenvalue weighted by atomic mass is 16.1. The Balaban J connectivity index is 1.55. The number of carbonyl (C=O) groups is 1. The van der Waals surface area contributed by atoms with Crippen LogP contribution in [0.1, 0.15) is 85.5 Å². The van der Waals surface area contributed by atoms with Gasteiger partial charge in [-0.1, -0.05) is 53.4 Å². The first-order valence-electron chi connectivity index (χ1n) is 11.5. The van der Waals surface area contributed by atoms with Gasteiger partial charge in [-0.2, -0.15) is 0 Å². The molecule has 0 bridgehead atoms. The first-order valence-corrected chi connectivity index (χ1v) is 11.5. The Morgan fingerprint density at radius 2 is 1.46 bits per heavy atom. The molecule has 1 aliphatic carbocycles. The van der Waals surface area contributed by atoms with Crippen LogP contribution in [-0.2, 0) is 4.79 Å². The number of ketones is 1. The Morgan fingerprint density at radius 1 is 0.846 bits per heavy atom. The molecular weight excluding hydrogens is 320 g/mol. The lowest BCUT2D eigenvalue weighted by Gasteiger charge is -2.42. The van der Waals surface area contributed by atoms with Gasteiger partial charge in [0.2, 0.25) is 0 Å². The summed E-state index contributed by atoms with van der Waals surface area (Å²) in [5, 5.41) is 0. The Hall–Kier alpha value is -0.410. The zero-order valence-corrected chi connectivity index (χ0v) is 18.0. The first kappa shape index (κ1) is 21.9. The molecule has 2 fully saturated rings. The lowest BCUT2D eigenvalue weighted by atomic mass is 9.80. The summed E-state index contributed by atoms with van der Waals surface area (Å²) in [6.45, 7) is 15.0. The molecule has 0 aromatic heterocycles. The molecule has 26 heavy (non-hydrogen) atoms. The summed E-state index contributed by atoms with van der Waals surface area (Å²) in [5.74, 6) is 1.93. The van der Waals surface area contributed by atoms with Crippen LogP contribution in [0.2, 0.25) is 0 Å². The van der Waals surface area contributed by atoms with Gasteiger partial charge in [-0.25, -0.2) is 0 Å². The maximum absolute atomic E-state index is 12.2. The van der Waals surface area contributed by atoms with Crippen LogP contribution in [0.3, 0.4) is 0 Å². The maximum atomic E-state index is 12.2. The van der Waals surface area contributed by atoms with E-state index in [-0.39, 0.29) is 5.92 Å². The Kier molecular flexibility index (Phi) is 9.63. The second kappa shape index (κ2) is 11.4. The van der Waals surface area contributed by atoms with Gasteiger partial charge in [-0.3, -0.25) is 9.69 Å². The molecule has 0 unspecified atom stereocenters. The van der Waals surface area contributed by atoms with E-state index in [4.69, 9.17) is 0 Å². The third kappa shape index (κ3) is 7.31. The molecule has 0 aromatic rings. The molecule has 0 radical (unpaired) electrons. The van der Waals surface area contributed by atoms with E-state index in [1.165, 1.54) is 77.7 Å². The van der Waals surface area contributed by atoms with Crippen LogP contribution in [0.25, 0.3) is 0 Å². The lowest BCUT2D eigenvalue weighted by molar-refractivity contribution is -0.127. The average Bonchev–Trinajstić information content (AvgIpc) is 2.64. The van der Waals surface area contributed by atoms with E-state index in [2.05, 4.69) is 37.5 Å². The van der Waals surface area contributed by atoms with Crippen molar-refractivity contribution in [2.75, 3.05) is 32.7 Å². The minimum absolute atomic E-state index is 0.213. The van der Waals surface area contributed by atoms with Crippen LogP contribution in [0, 0.1) is 17.8 Å². The van der Waals surface area contributed by atoms with Gasteiger partial charge in [0.05, 0.1) is 0 Å². The van der Waals surface area contributed by atoms with E-state index < -0.39 is 0 Å². The summed E-state index contributed by atoms with van der Waals surface area (Å²) in [5.41, 5.74) is 0. The molecule has 3 heteroatoms. The molecule has 2 aliphatic rings. The minimum atomic E-state index is 0.213. The summed E-state index contributed by atoms with van der Waals surface area (Å²) in [7, 11) is 0. The number of unbranched alkanes of at least 4 members (excludes halogenated alkanes) is 3. The summed E-state index contributed by atoms with van der Waals surface area (Å²) in [6, 6.07) is 0.740. The smallest absolute Gasteiger partial charge is 0.138 e. The van der Waals surface area contributed by atoms with Crippen molar-refractivity contribution < 1.29 is 4.79 Å². The van der Waals surface area contributed by atoms with Crippen molar-refractivity contribution in [1.82, 2.24) is 9.80 Å². The van der Waals surface area contributed by atoms with Gasteiger partial charge in [-0.15, -0.1) is 0 Å². The fraction of sp³-hybridized carbons (Fsp3) is 0.957. The molecule has 0 aromatic carbocycles. The van der Waals surface area contributed by atoms with Gasteiger partial charge in [0.25, 0.3) is 0 Å². The van der Waals surface area contributed by atoms with Gasteiger partial charge >= 0.3 is 0 Å². The van der Waals surface area contributed by atoms with Crippen LogP contribution in [0.5, 0.6) is 0 Å². The molecule has 2 rings (SSSR count). The zero-order chi connectivity index (χ0) is 18.9. The predicted molar refractivity (Wildman–Crippen MR) is 112 cm³/mol. The van der Waals surface area contributed by atoms with E-state index in [9.17, 15) is 4.79 Å². The number of nitrogens with zero attached hydrogens (tertiary/aromatic N) is 2. The van der Waals surface area contributed by atoms with Crippen LogP contribution in [0.15, 0.2) is 0 Å². The van der Waals surface area contributed by atoms with Crippen molar-refractivity contribution in [3.8, 4) is 0 Å². The Bertz CT molecular complexity index is 391. The molecule has 1 saturated heterocycles. The van der Waals surface area contributed by atoms with E-state index >= 15 is 0 Å². The van der Waals surface area contributed by atoms with Crippen molar-refractivity contribution in [2.24, 2.45) is 17.8 Å². The number of piperazine rings is 1. The van der Waals surface area contributed by atoms with Crippen LogP contribution in [0.4, 0.5) is 0 Å². The molecule has 0 amide bonds. The average molecular weight is 365 g/mol. The summed E-state index contributed by atoms with van der Waals surface area (Å²) >= 11 is 0. The number of Topliss-reactive ketones (excluding diaryl/α,β-unsaturated/α-hetero) is 1. The molecule has 1 aliphatic heterocycles. The van der Waals surface area contributed by atoms with Crippen LogP contribution < -0.4 is 0 Å². The van der Waals surface area contributed by atoms with Crippen molar-refractivity contribution >= 4 is 5.78 Å². The first-order chi connectivity index (χ1) is 12.5. The number of hydrogen-bond donors (Lipinski definition) is 0. The lowest BCUT2D eigenvalue weighted by Crippen LogP contribution is -2.51. The second-order valence-electron chi connectivity index (χ2n) is 9.54. The van der Waals surface area contributed by atoms with E-state index in [1.807, 2.05) is 0 Å². The van der Waals surface area contributed by atoms with E-state index in [0.29, 0.717) is 11.7 Å². The molecular formula is C23H44N2O. The summed E-state index contributed by atoms with van der Waals surface area (Å²) in [6.07, 6.45) is 11.7. The second-order valence-corrected chi connectivity index (χ2v) is 9.54. The van der Waals surface area contributed by atoms with Gasteiger partial charge in [-0.05, 0) is 44.6 Å². The third-order valence-electron chi connectivity index (χ3n) is 6.60. The SMILES string of the molecule is CC(C)CCCCCCN1CCN([C@H]2CC[C@H](C(=O)C(C)C)CC2)CC1. The topological polar surface area (TPSA) is 23.6 Å². The van der Waals surface area contributed by atoms with Crippen LogP contribution >= 0.6 is 0 Å². The number of hydrogen-bond acceptors (Lipinski definition) is 3. The third-order valence-corrected chi connectivity index (χ3v) is 6.60. The largest absolute Gasteiger partial charge is 0.301 e. The standard InChI is InChI=1S/C23H44N2O/c1-19(2)9-7-5-6-8-14-24-15-17-25(18-16-24)22-12-10-21(11-13-22)23(26)20(3)4/h19-22H,5-18H2,1-4H3/t21-,22-. The Morgan fingerprint density at radius 3 is 2.04 bits per heavy atom. The number of carbonyl (C=O) groups excluding carboxylic acids is 1. The molecule has 1 saturated carbocycles. The fourth-order valence-corrected chi connectivity index (χ4v) is 4.79. The maximum Gasteiger partial charge on any atom is 0.138 e. The number of rotatable bonds is 10. The van der Waals surface area contributed by atoms with Crippen molar-refractivity contribution in [2.45, 2.75) is 91.5 Å². The van der Waals surface area contributed by atoms with Gasteiger partial charge in [0.1, 0.15) is 5.78 Å². The molecule has 0 N–H and O–H groups in total. The van der Waals surface area contributed by atoms with Gasteiger partial charge in [0.15, 0.2) is 0 Å². The molecule has 3 nitrogen and oxygen atoms in total. The van der Waals surface area contributed by atoms with Gasteiger partial charge in [0, 0.05) is 44.1 Å². The predicted octanol–water partition coefficient (Wildman–Crippen LogP) is 4.99. The molecule has 152 valence electrons. The molecule has 1 heterocycles. The monoisotopic (exact) mass is 364 g/mol. The highest BCUT2D eigenvalue weighted by Crippen LogP contribution is 2.30. The summed E-state index contributed by atoms with van der Waals surface area (Å²) < 4.78 is 0. The van der Waals surface area contributed by atoms with Crippen molar-refractivity contribution in [3.63, 3.8) is 0 Å². The normalized spacial score (nSPS) is 25.9. The summed E-state index contributed by atoms with van der Waals surface area (Å²) in [4.78, 5) is 17.6. The highest BCUT2D eigenvalue weighted by Gasteiger charge is 2.31. The highest BCUT2D eigenvalue weighted by molar-refractivity contribution is 5.82. The van der Waals surface area contributed by atoms with Crippen molar-refractivity contribution in [1.29, 1.82) is 0 Å². The minimum Gasteiger partial charge on any atom is -0.301 e. The molecule has 0 spiro atoms. The fourth-order valence-electron chi connectivity index (χ4n) is 4.79. The molecule has 0 atom stereocenters. The van der Waals surface area contributed by atoms with E-state index in [0.717, 1.165) is 24.8 Å². The Labute approximate surface area is 162 Å². The van der Waals surface area contributed by atoms with Crippen LogP contribution in [-0.4, -0.2) is 54.3 Å². The zero-order valence-electron chi connectivity index (χ0n) is 18.0. The van der Waals surface area contributed by atoms with E-state index in [1.54, 1.807) is 0 Å². The van der Waals surface area contributed by atoms with Crippen molar-refractivity contribution in [3.05, 3.63) is 0 Å². The quantitative estimate of drug-likeness (QED) is 0.510.